The Morgan fingerprint density at radius 3 is 2.26 bits per heavy atom. The Bertz CT molecular complexity index is 585. The lowest BCUT2D eigenvalue weighted by molar-refractivity contribution is -0.384. The van der Waals surface area contributed by atoms with E-state index in [2.05, 4.69) is 10.2 Å². The Morgan fingerprint density at radius 1 is 1.05 bits per heavy atom. The van der Waals surface area contributed by atoms with E-state index >= 15 is 0 Å². The van der Waals surface area contributed by atoms with Crippen LogP contribution in [0, 0.1) is 10.1 Å². The van der Waals surface area contributed by atoms with E-state index in [1.54, 1.807) is 0 Å². The highest BCUT2D eigenvalue weighted by Gasteiger charge is 2.06. The SMILES string of the molecule is O=[N+]([O-])c1ccc(N=NC(Cl)c2ccccc2)cc1. The van der Waals surface area contributed by atoms with E-state index in [1.807, 2.05) is 30.3 Å². The third-order valence-electron chi connectivity index (χ3n) is 2.41. The molecule has 0 saturated carbocycles. The first-order chi connectivity index (χ1) is 9.16. The molecule has 0 aliphatic carbocycles. The Hall–Kier alpha value is -2.27. The largest absolute Gasteiger partial charge is 0.269 e. The van der Waals surface area contributed by atoms with E-state index in [4.69, 9.17) is 11.6 Å². The lowest BCUT2D eigenvalue weighted by atomic mass is 10.2. The van der Waals surface area contributed by atoms with Crippen LogP contribution in [0.25, 0.3) is 0 Å². The Labute approximate surface area is 114 Å². The van der Waals surface area contributed by atoms with E-state index < -0.39 is 10.4 Å². The second-order valence-corrected chi connectivity index (χ2v) is 4.15. The standard InChI is InChI=1S/C13H10ClN3O2/c14-13(10-4-2-1-3-5-10)16-15-11-6-8-12(9-7-11)17(18)19/h1-9,13H. The molecule has 0 aliphatic heterocycles. The molecule has 0 fully saturated rings. The fraction of sp³-hybridized carbons (Fsp3) is 0.0769. The van der Waals surface area contributed by atoms with E-state index in [9.17, 15) is 10.1 Å². The fourth-order valence-corrected chi connectivity index (χ4v) is 1.63. The van der Waals surface area contributed by atoms with Gasteiger partial charge >= 0.3 is 0 Å². The number of alkyl halides is 1. The van der Waals surface area contributed by atoms with Crippen molar-refractivity contribution in [2.24, 2.45) is 10.2 Å². The maximum absolute atomic E-state index is 10.5. The van der Waals surface area contributed by atoms with E-state index in [0.29, 0.717) is 5.69 Å². The third kappa shape index (κ3) is 3.59. The minimum atomic E-state index is -0.573. The topological polar surface area (TPSA) is 67.9 Å². The van der Waals surface area contributed by atoms with Crippen LogP contribution >= 0.6 is 11.6 Å². The molecule has 0 radical (unpaired) electrons. The molecule has 0 heterocycles. The number of halogens is 1. The summed E-state index contributed by atoms with van der Waals surface area (Å²) in [6.07, 6.45) is 0. The molecule has 0 aromatic heterocycles. The van der Waals surface area contributed by atoms with Gasteiger partial charge in [-0.2, -0.15) is 10.2 Å². The van der Waals surface area contributed by atoms with Crippen molar-refractivity contribution >= 4 is 23.0 Å². The van der Waals surface area contributed by atoms with Crippen LogP contribution in [-0.4, -0.2) is 4.92 Å². The minimum Gasteiger partial charge on any atom is -0.258 e. The molecule has 0 saturated heterocycles. The highest BCUT2D eigenvalue weighted by Crippen LogP contribution is 2.25. The molecule has 2 aromatic rings. The zero-order valence-electron chi connectivity index (χ0n) is 9.81. The first kappa shape index (κ1) is 13.2. The van der Waals surface area contributed by atoms with Crippen LogP contribution in [0.1, 0.15) is 11.1 Å². The number of benzene rings is 2. The van der Waals surface area contributed by atoms with Crippen LogP contribution in [0.4, 0.5) is 11.4 Å². The summed E-state index contributed by atoms with van der Waals surface area (Å²) in [4.78, 5) is 10.0. The summed E-state index contributed by atoms with van der Waals surface area (Å²) in [5.74, 6) is 0. The predicted molar refractivity (Wildman–Crippen MR) is 72.6 cm³/mol. The maximum Gasteiger partial charge on any atom is 0.269 e. The van der Waals surface area contributed by atoms with Gasteiger partial charge in [0.1, 0.15) is 0 Å². The van der Waals surface area contributed by atoms with Gasteiger partial charge in [-0.25, -0.2) is 0 Å². The summed E-state index contributed by atoms with van der Waals surface area (Å²) in [7, 11) is 0. The number of rotatable bonds is 4. The van der Waals surface area contributed by atoms with Crippen molar-refractivity contribution in [1.29, 1.82) is 0 Å². The van der Waals surface area contributed by atoms with Crippen LogP contribution in [0.15, 0.2) is 64.8 Å². The van der Waals surface area contributed by atoms with Crippen molar-refractivity contribution in [2.75, 3.05) is 0 Å². The molecule has 5 nitrogen and oxygen atoms in total. The number of azo groups is 1. The first-order valence-corrected chi connectivity index (χ1v) is 5.95. The predicted octanol–water partition coefficient (Wildman–Crippen LogP) is 4.62. The molecule has 1 atom stereocenters. The van der Waals surface area contributed by atoms with Crippen molar-refractivity contribution in [3.63, 3.8) is 0 Å². The van der Waals surface area contributed by atoms with Gasteiger partial charge in [0.2, 0.25) is 0 Å². The first-order valence-electron chi connectivity index (χ1n) is 5.51. The summed E-state index contributed by atoms with van der Waals surface area (Å²) in [6.45, 7) is 0. The normalized spacial score (nSPS) is 12.5. The highest BCUT2D eigenvalue weighted by molar-refractivity contribution is 6.20. The molecule has 19 heavy (non-hydrogen) atoms. The molecule has 1 unspecified atom stereocenters. The average Bonchev–Trinajstić information content (AvgIpc) is 2.46. The second kappa shape index (κ2) is 6.06. The number of nitro groups is 1. The number of nitrogens with zero attached hydrogens (tertiary/aromatic N) is 3. The summed E-state index contributed by atoms with van der Waals surface area (Å²) in [6, 6.07) is 15.1. The van der Waals surface area contributed by atoms with Crippen LogP contribution in [0.5, 0.6) is 0 Å². The van der Waals surface area contributed by atoms with Gasteiger partial charge in [-0.1, -0.05) is 41.9 Å². The van der Waals surface area contributed by atoms with Gasteiger partial charge in [0.25, 0.3) is 5.69 Å². The number of nitro benzene ring substituents is 1. The molecule has 0 bridgehead atoms. The van der Waals surface area contributed by atoms with Gasteiger partial charge in [0.05, 0.1) is 10.6 Å². The zero-order chi connectivity index (χ0) is 13.7. The number of non-ortho nitro benzene ring substituents is 1. The summed E-state index contributed by atoms with van der Waals surface area (Å²) >= 11 is 6.07. The lowest BCUT2D eigenvalue weighted by Crippen LogP contribution is -1.86. The zero-order valence-corrected chi connectivity index (χ0v) is 10.6. The van der Waals surface area contributed by atoms with E-state index in [1.165, 1.54) is 24.3 Å². The molecular weight excluding hydrogens is 266 g/mol. The van der Waals surface area contributed by atoms with Crippen LogP contribution in [0.2, 0.25) is 0 Å². The Kier molecular flexibility index (Phi) is 4.20. The maximum atomic E-state index is 10.5. The van der Waals surface area contributed by atoms with Gasteiger partial charge in [0, 0.05) is 12.1 Å². The van der Waals surface area contributed by atoms with Crippen LogP contribution in [0.3, 0.4) is 0 Å². The van der Waals surface area contributed by atoms with Crippen LogP contribution in [-0.2, 0) is 0 Å². The van der Waals surface area contributed by atoms with Gasteiger partial charge in [-0.05, 0) is 17.7 Å². The summed E-state index contributed by atoms with van der Waals surface area (Å²) < 4.78 is 0. The van der Waals surface area contributed by atoms with Crippen LogP contribution < -0.4 is 0 Å². The monoisotopic (exact) mass is 275 g/mol. The molecule has 0 amide bonds. The van der Waals surface area contributed by atoms with Crippen molar-refractivity contribution in [3.05, 3.63) is 70.3 Å². The van der Waals surface area contributed by atoms with Gasteiger partial charge in [0.15, 0.2) is 5.50 Å². The molecule has 2 rings (SSSR count). The smallest absolute Gasteiger partial charge is 0.258 e. The third-order valence-corrected chi connectivity index (χ3v) is 2.75. The van der Waals surface area contributed by atoms with Crippen molar-refractivity contribution in [3.8, 4) is 0 Å². The molecule has 0 aliphatic rings. The lowest BCUT2D eigenvalue weighted by Gasteiger charge is -2.02. The average molecular weight is 276 g/mol. The number of hydrogen-bond donors (Lipinski definition) is 0. The van der Waals surface area contributed by atoms with Gasteiger partial charge < -0.3 is 0 Å². The van der Waals surface area contributed by atoms with Crippen molar-refractivity contribution in [2.45, 2.75) is 5.50 Å². The summed E-state index contributed by atoms with van der Waals surface area (Å²) in [5, 5.41) is 18.4. The Morgan fingerprint density at radius 2 is 1.68 bits per heavy atom. The van der Waals surface area contributed by atoms with Crippen molar-refractivity contribution < 1.29 is 4.92 Å². The molecule has 2 aromatic carbocycles. The van der Waals surface area contributed by atoms with Gasteiger partial charge in [-0.15, -0.1) is 0 Å². The molecule has 0 spiro atoms. The van der Waals surface area contributed by atoms with Gasteiger partial charge in [-0.3, -0.25) is 10.1 Å². The molecule has 0 N–H and O–H groups in total. The summed E-state index contributed by atoms with van der Waals surface area (Å²) in [5.41, 5.74) is 0.808. The van der Waals surface area contributed by atoms with E-state index in [-0.39, 0.29) is 5.69 Å². The second-order valence-electron chi connectivity index (χ2n) is 3.74. The Balaban J connectivity index is 2.08. The quantitative estimate of drug-likeness (QED) is 0.269. The van der Waals surface area contributed by atoms with Crippen molar-refractivity contribution in [1.82, 2.24) is 0 Å². The highest BCUT2D eigenvalue weighted by atomic mass is 35.5. The minimum absolute atomic E-state index is 0.0180. The number of hydrogen-bond acceptors (Lipinski definition) is 4. The molecular formula is C13H10ClN3O2. The molecule has 6 heteroatoms. The fourth-order valence-electron chi connectivity index (χ4n) is 1.44. The van der Waals surface area contributed by atoms with E-state index in [0.717, 1.165) is 5.56 Å². The molecule has 96 valence electrons.